The summed E-state index contributed by atoms with van der Waals surface area (Å²) in [5.74, 6) is 1.67. The first-order valence-corrected chi connectivity index (χ1v) is 9.45. The Morgan fingerprint density at radius 2 is 1.63 bits per heavy atom. The number of anilines is 1. The van der Waals surface area contributed by atoms with Gasteiger partial charge in [0.05, 0.1) is 25.2 Å². The zero-order valence-corrected chi connectivity index (χ0v) is 17.4. The second kappa shape index (κ2) is 6.91. The van der Waals surface area contributed by atoms with Gasteiger partial charge in [0.2, 0.25) is 5.91 Å². The van der Waals surface area contributed by atoms with E-state index in [-0.39, 0.29) is 5.91 Å². The predicted octanol–water partition coefficient (Wildman–Crippen LogP) is 4.89. The van der Waals surface area contributed by atoms with Crippen molar-refractivity contribution in [3.05, 3.63) is 41.0 Å². The van der Waals surface area contributed by atoms with Crippen LogP contribution in [0.4, 0.5) is 5.69 Å². The highest BCUT2D eigenvalue weighted by Crippen LogP contribution is 2.51. The second-order valence-electron chi connectivity index (χ2n) is 7.77. The summed E-state index contributed by atoms with van der Waals surface area (Å²) >= 11 is 0. The Bertz CT molecular complexity index is 874. The van der Waals surface area contributed by atoms with Crippen molar-refractivity contribution < 1.29 is 14.3 Å². The van der Waals surface area contributed by atoms with Gasteiger partial charge in [-0.15, -0.1) is 0 Å². The van der Waals surface area contributed by atoms with E-state index in [1.807, 2.05) is 27.0 Å². The molecule has 1 aliphatic heterocycles. The van der Waals surface area contributed by atoms with Crippen molar-refractivity contribution in [1.29, 1.82) is 0 Å². The lowest BCUT2D eigenvalue weighted by Gasteiger charge is -2.24. The molecule has 0 saturated carbocycles. The highest BCUT2D eigenvalue weighted by Gasteiger charge is 2.45. The van der Waals surface area contributed by atoms with Crippen molar-refractivity contribution in [1.82, 2.24) is 0 Å². The van der Waals surface area contributed by atoms with Crippen LogP contribution >= 0.6 is 0 Å². The number of hydrogen-bond acceptors (Lipinski definition) is 3. The SMILES string of the molecule is CCCc1cc(OC)c(-c2c(C)ccc3c2C(C)(C)C(=O)N3C)c(OC)c1. The van der Waals surface area contributed by atoms with E-state index in [4.69, 9.17) is 9.47 Å². The maximum absolute atomic E-state index is 12.9. The van der Waals surface area contributed by atoms with Crippen LogP contribution < -0.4 is 14.4 Å². The molecule has 1 amide bonds. The van der Waals surface area contributed by atoms with Crippen LogP contribution in [0.5, 0.6) is 11.5 Å². The quantitative estimate of drug-likeness (QED) is 0.755. The fraction of sp³-hybridized carbons (Fsp3) is 0.435. The molecule has 0 aromatic heterocycles. The fourth-order valence-electron chi connectivity index (χ4n) is 4.21. The minimum atomic E-state index is -0.608. The monoisotopic (exact) mass is 367 g/mol. The normalized spacial score (nSPS) is 15.1. The molecule has 0 atom stereocenters. The largest absolute Gasteiger partial charge is 0.496 e. The van der Waals surface area contributed by atoms with Gasteiger partial charge in [0, 0.05) is 12.7 Å². The number of benzene rings is 2. The van der Waals surface area contributed by atoms with Crippen LogP contribution in [-0.2, 0) is 16.6 Å². The van der Waals surface area contributed by atoms with Gasteiger partial charge in [-0.1, -0.05) is 19.4 Å². The van der Waals surface area contributed by atoms with Crippen LogP contribution in [-0.4, -0.2) is 27.2 Å². The number of hydrogen-bond donors (Lipinski definition) is 0. The molecule has 1 aliphatic rings. The zero-order valence-electron chi connectivity index (χ0n) is 17.4. The van der Waals surface area contributed by atoms with Gasteiger partial charge in [-0.2, -0.15) is 0 Å². The molecule has 0 N–H and O–H groups in total. The van der Waals surface area contributed by atoms with Crippen molar-refractivity contribution in [3.8, 4) is 22.6 Å². The summed E-state index contributed by atoms with van der Waals surface area (Å²) in [6.07, 6.45) is 2.02. The van der Waals surface area contributed by atoms with Crippen molar-refractivity contribution in [2.45, 2.75) is 46.0 Å². The second-order valence-corrected chi connectivity index (χ2v) is 7.77. The van der Waals surface area contributed by atoms with Gasteiger partial charge in [-0.25, -0.2) is 0 Å². The van der Waals surface area contributed by atoms with Crippen molar-refractivity contribution >= 4 is 11.6 Å². The Morgan fingerprint density at radius 3 is 2.15 bits per heavy atom. The first-order chi connectivity index (χ1) is 12.8. The number of ether oxygens (including phenoxy) is 2. The molecule has 144 valence electrons. The van der Waals surface area contributed by atoms with Gasteiger partial charge in [0.1, 0.15) is 11.5 Å². The molecule has 2 aromatic carbocycles. The Morgan fingerprint density at radius 1 is 1.04 bits per heavy atom. The Labute approximate surface area is 162 Å². The molecule has 2 aromatic rings. The lowest BCUT2D eigenvalue weighted by atomic mass is 9.79. The van der Waals surface area contributed by atoms with Crippen LogP contribution in [0.25, 0.3) is 11.1 Å². The summed E-state index contributed by atoms with van der Waals surface area (Å²) in [5, 5.41) is 0. The molecule has 0 radical (unpaired) electrons. The first-order valence-electron chi connectivity index (χ1n) is 9.45. The molecule has 0 saturated heterocycles. The summed E-state index contributed by atoms with van der Waals surface area (Å²) < 4.78 is 11.6. The van der Waals surface area contributed by atoms with Crippen LogP contribution in [0.3, 0.4) is 0 Å². The molecule has 27 heavy (non-hydrogen) atoms. The number of methoxy groups -OCH3 is 2. The summed E-state index contributed by atoms with van der Waals surface area (Å²) in [4.78, 5) is 14.6. The van der Waals surface area contributed by atoms with Crippen molar-refractivity contribution in [2.24, 2.45) is 0 Å². The molecular formula is C23H29NO3. The molecule has 0 bridgehead atoms. The third-order valence-corrected chi connectivity index (χ3v) is 5.57. The molecule has 1 heterocycles. The van der Waals surface area contributed by atoms with Gasteiger partial charge < -0.3 is 14.4 Å². The zero-order chi connectivity index (χ0) is 19.9. The van der Waals surface area contributed by atoms with Crippen molar-refractivity contribution in [2.75, 3.05) is 26.2 Å². The van der Waals surface area contributed by atoms with E-state index in [1.54, 1.807) is 19.1 Å². The number of likely N-dealkylation sites (N-methyl/N-ethyl adjacent to an activating group) is 1. The third-order valence-electron chi connectivity index (χ3n) is 5.57. The number of rotatable bonds is 5. The third kappa shape index (κ3) is 2.88. The molecule has 0 spiro atoms. The maximum atomic E-state index is 12.9. The summed E-state index contributed by atoms with van der Waals surface area (Å²) in [5.41, 5.74) is 5.63. The predicted molar refractivity (Wildman–Crippen MR) is 110 cm³/mol. The average Bonchev–Trinajstić information content (AvgIpc) is 2.82. The van der Waals surface area contributed by atoms with Gasteiger partial charge in [-0.3, -0.25) is 4.79 Å². The van der Waals surface area contributed by atoms with E-state index in [2.05, 4.69) is 32.0 Å². The average molecular weight is 367 g/mol. The van der Waals surface area contributed by atoms with E-state index in [9.17, 15) is 4.79 Å². The minimum absolute atomic E-state index is 0.102. The molecular weight excluding hydrogens is 338 g/mol. The number of amides is 1. The number of aryl methyl sites for hydroxylation is 2. The van der Waals surface area contributed by atoms with Crippen LogP contribution in [0, 0.1) is 6.92 Å². The number of fused-ring (bicyclic) bond motifs is 1. The number of nitrogens with zero attached hydrogens (tertiary/aromatic N) is 1. The fourth-order valence-corrected chi connectivity index (χ4v) is 4.21. The van der Waals surface area contributed by atoms with Crippen LogP contribution in [0.2, 0.25) is 0 Å². The summed E-state index contributed by atoms with van der Waals surface area (Å²) in [6.45, 7) is 8.22. The van der Waals surface area contributed by atoms with Gasteiger partial charge in [0.15, 0.2) is 0 Å². The number of carbonyl (C=O) groups is 1. The summed E-state index contributed by atoms with van der Waals surface area (Å²) in [6, 6.07) is 8.28. The molecule has 4 heteroatoms. The van der Waals surface area contributed by atoms with E-state index >= 15 is 0 Å². The molecule has 0 aliphatic carbocycles. The van der Waals surface area contributed by atoms with Gasteiger partial charge in [-0.05, 0) is 67.6 Å². The van der Waals surface area contributed by atoms with E-state index < -0.39 is 5.41 Å². The topological polar surface area (TPSA) is 38.8 Å². The Balaban J connectivity index is 2.39. The first kappa shape index (κ1) is 19.3. The Kier molecular flexibility index (Phi) is 4.94. The van der Waals surface area contributed by atoms with E-state index in [0.717, 1.165) is 52.3 Å². The lowest BCUT2D eigenvalue weighted by molar-refractivity contribution is -0.121. The van der Waals surface area contributed by atoms with Gasteiger partial charge in [0.25, 0.3) is 0 Å². The molecule has 3 rings (SSSR count). The maximum Gasteiger partial charge on any atom is 0.236 e. The lowest BCUT2D eigenvalue weighted by Crippen LogP contribution is -2.33. The van der Waals surface area contributed by atoms with E-state index in [0.29, 0.717) is 0 Å². The number of carbonyl (C=O) groups excluding carboxylic acids is 1. The molecule has 4 nitrogen and oxygen atoms in total. The molecule has 0 fully saturated rings. The highest BCUT2D eigenvalue weighted by molar-refractivity contribution is 6.10. The van der Waals surface area contributed by atoms with E-state index in [1.165, 1.54) is 5.56 Å². The Hall–Kier alpha value is -2.49. The van der Waals surface area contributed by atoms with Crippen molar-refractivity contribution in [3.63, 3.8) is 0 Å². The summed E-state index contributed by atoms with van der Waals surface area (Å²) in [7, 11) is 5.22. The van der Waals surface area contributed by atoms with Crippen LogP contribution in [0.1, 0.15) is 43.9 Å². The standard InChI is InChI=1S/C23H29NO3/c1-8-9-15-12-17(26-6)20(18(13-15)27-7)19-14(2)10-11-16-21(19)23(3,4)22(25)24(16)5/h10-13H,8-9H2,1-7H3. The minimum Gasteiger partial charge on any atom is -0.496 e. The van der Waals surface area contributed by atoms with Gasteiger partial charge >= 0.3 is 0 Å². The molecule has 0 unspecified atom stereocenters. The smallest absolute Gasteiger partial charge is 0.236 e. The van der Waals surface area contributed by atoms with Crippen LogP contribution in [0.15, 0.2) is 24.3 Å². The highest BCUT2D eigenvalue weighted by atomic mass is 16.5.